The first-order valence-electron chi connectivity index (χ1n) is 15.7. The zero-order chi connectivity index (χ0) is 30.1. The highest BCUT2D eigenvalue weighted by Gasteiger charge is 2.50. The van der Waals surface area contributed by atoms with Gasteiger partial charge in [0.2, 0.25) is 0 Å². The summed E-state index contributed by atoms with van der Waals surface area (Å²) in [5, 5.41) is 4.60. The molecule has 0 N–H and O–H groups in total. The minimum absolute atomic E-state index is 0.00624. The van der Waals surface area contributed by atoms with Crippen LogP contribution in [0.1, 0.15) is 51.0 Å². The maximum absolute atomic E-state index is 6.81. The van der Waals surface area contributed by atoms with Crippen LogP contribution in [-0.2, 0) is 0 Å². The van der Waals surface area contributed by atoms with Crippen molar-refractivity contribution in [2.24, 2.45) is 4.99 Å². The molecule has 45 heavy (non-hydrogen) atoms. The summed E-state index contributed by atoms with van der Waals surface area (Å²) in [6, 6.07) is 35.2. The maximum Gasteiger partial charge on any atom is 0.304 e. The predicted molar refractivity (Wildman–Crippen MR) is 183 cm³/mol. The summed E-state index contributed by atoms with van der Waals surface area (Å²) in [6.45, 7) is 10.8. The number of pyridine rings is 1. The molecule has 0 radical (unpaired) electrons. The Labute approximate surface area is 260 Å². The lowest BCUT2D eigenvalue weighted by Gasteiger charge is -2.40. The number of hydrogen-bond acceptors (Lipinski definition) is 2. The van der Waals surface area contributed by atoms with Gasteiger partial charge in [-0.2, -0.15) is 8.97 Å². The van der Waals surface area contributed by atoms with Crippen molar-refractivity contribution in [2.45, 2.75) is 32.7 Å². The van der Waals surface area contributed by atoms with Gasteiger partial charge >= 0.3 is 5.65 Å². The molecule has 0 bridgehead atoms. The molecule has 8 aromatic rings. The van der Waals surface area contributed by atoms with Crippen LogP contribution in [0.5, 0.6) is 0 Å². The monoisotopic (exact) mass is 580 g/mol. The molecule has 0 fully saturated rings. The van der Waals surface area contributed by atoms with Gasteiger partial charge in [-0.05, 0) is 73.9 Å². The Bertz CT molecular complexity index is 2650. The number of rotatable bonds is 2. The number of nitrogens with zero attached hydrogens (tertiary/aromatic N) is 3. The Morgan fingerprint density at radius 3 is 2.44 bits per heavy atom. The fraction of sp³-hybridized carbons (Fsp3) is 0.122. The second kappa shape index (κ2) is 8.58. The molecular formula is C41H30N3O+. The van der Waals surface area contributed by atoms with Gasteiger partial charge in [-0.15, -0.1) is 0 Å². The second-order valence-corrected chi connectivity index (χ2v) is 12.7. The van der Waals surface area contributed by atoms with E-state index in [9.17, 15) is 0 Å². The molecule has 214 valence electrons. The second-order valence-electron chi connectivity index (χ2n) is 12.7. The largest absolute Gasteiger partial charge is 0.455 e. The van der Waals surface area contributed by atoms with Gasteiger partial charge in [0.05, 0.1) is 17.7 Å². The molecule has 0 spiro atoms. The van der Waals surface area contributed by atoms with Crippen LogP contribution in [-0.4, -0.2) is 10.3 Å². The zero-order valence-corrected chi connectivity index (χ0v) is 25.4. The number of benzene rings is 5. The third-order valence-corrected chi connectivity index (χ3v) is 10.2. The molecule has 0 saturated carbocycles. The SMILES string of the molecule is C=CC1=NC2c3c([n+]4c5ccccc5n(-c5c(C)cccc5C)c4c4c3ccc3c5ccccc5oc34)C2c2ccc(C)cc21. The molecule has 2 unspecified atom stereocenters. The first-order chi connectivity index (χ1) is 22.0. The molecule has 10 rings (SSSR count). The number of aliphatic imine (C=N–C) groups is 1. The third kappa shape index (κ3) is 3.02. The molecule has 4 heteroatoms. The van der Waals surface area contributed by atoms with Gasteiger partial charge in [0.15, 0.2) is 16.6 Å². The lowest BCUT2D eigenvalue weighted by atomic mass is 9.67. The van der Waals surface area contributed by atoms with E-state index in [-0.39, 0.29) is 12.0 Å². The van der Waals surface area contributed by atoms with Crippen molar-refractivity contribution >= 4 is 55.1 Å². The molecule has 4 nitrogen and oxygen atoms in total. The summed E-state index contributed by atoms with van der Waals surface area (Å²) in [6.07, 6.45) is 1.92. The van der Waals surface area contributed by atoms with Crippen LogP contribution in [0, 0.1) is 20.8 Å². The van der Waals surface area contributed by atoms with Crippen molar-refractivity contribution in [1.82, 2.24) is 4.57 Å². The van der Waals surface area contributed by atoms with E-state index in [1.165, 1.54) is 61.2 Å². The van der Waals surface area contributed by atoms with Crippen molar-refractivity contribution in [3.05, 3.63) is 149 Å². The molecule has 0 saturated heterocycles. The van der Waals surface area contributed by atoms with E-state index >= 15 is 0 Å². The van der Waals surface area contributed by atoms with E-state index in [1.807, 2.05) is 6.08 Å². The normalized spacial score (nSPS) is 17.0. The minimum Gasteiger partial charge on any atom is -0.455 e. The van der Waals surface area contributed by atoms with Crippen molar-refractivity contribution in [3.8, 4) is 5.69 Å². The number of allylic oxidation sites excluding steroid dienone is 1. The van der Waals surface area contributed by atoms with Gasteiger partial charge < -0.3 is 4.42 Å². The number of aromatic nitrogens is 2. The standard InChI is InChI=1S/C41H30N3O/c1-5-30-29-21-22(2)17-18-26(29)34-37(42-30)35-28-20-19-27-25-13-6-9-16-33(25)45-40(27)36(28)41-43(38-23(3)11-10-12-24(38)4)31-14-7-8-15-32(31)44(41)39(34)35/h5-21,34,37H,1H2,2-4H3/q+1. The van der Waals surface area contributed by atoms with Crippen LogP contribution in [0.3, 0.4) is 0 Å². The first kappa shape index (κ1) is 24.9. The lowest BCUT2D eigenvalue weighted by Crippen LogP contribution is -2.42. The van der Waals surface area contributed by atoms with Gasteiger partial charge in [-0.1, -0.05) is 78.9 Å². The number of para-hydroxylation sites is 4. The molecule has 4 heterocycles. The Kier molecular flexibility index (Phi) is 4.75. The smallest absolute Gasteiger partial charge is 0.304 e. The van der Waals surface area contributed by atoms with Crippen molar-refractivity contribution in [1.29, 1.82) is 0 Å². The maximum atomic E-state index is 6.81. The lowest BCUT2D eigenvalue weighted by molar-refractivity contribution is -0.497. The fourth-order valence-electron chi connectivity index (χ4n) is 8.36. The third-order valence-electron chi connectivity index (χ3n) is 10.2. The Balaban J connectivity index is 1.49. The molecule has 2 aliphatic rings. The molecule has 5 aromatic carbocycles. The van der Waals surface area contributed by atoms with Crippen LogP contribution in [0.2, 0.25) is 0 Å². The first-order valence-corrected chi connectivity index (χ1v) is 15.7. The topological polar surface area (TPSA) is 34.5 Å². The summed E-state index contributed by atoms with van der Waals surface area (Å²) in [5.74, 6) is 0.139. The van der Waals surface area contributed by atoms with Crippen LogP contribution in [0.25, 0.3) is 55.1 Å². The van der Waals surface area contributed by atoms with Gasteiger partial charge in [-0.25, -0.2) is 0 Å². The Morgan fingerprint density at radius 2 is 1.60 bits per heavy atom. The average Bonchev–Trinajstić information content (AvgIpc) is 3.58. The highest BCUT2D eigenvalue weighted by molar-refractivity contribution is 6.20. The molecule has 2 atom stereocenters. The van der Waals surface area contributed by atoms with Crippen LogP contribution in [0.4, 0.5) is 0 Å². The van der Waals surface area contributed by atoms with Crippen molar-refractivity contribution in [3.63, 3.8) is 0 Å². The summed E-state index contributed by atoms with van der Waals surface area (Å²) < 4.78 is 11.8. The summed E-state index contributed by atoms with van der Waals surface area (Å²) in [4.78, 5) is 5.39. The predicted octanol–water partition coefficient (Wildman–Crippen LogP) is 9.52. The van der Waals surface area contributed by atoms with Gasteiger partial charge in [0.1, 0.15) is 22.4 Å². The molecule has 0 amide bonds. The number of aryl methyl sites for hydroxylation is 3. The number of furan rings is 1. The Morgan fingerprint density at radius 1 is 0.822 bits per heavy atom. The van der Waals surface area contributed by atoms with Gasteiger partial charge in [0, 0.05) is 27.3 Å². The molecule has 1 aliphatic carbocycles. The Hall–Kier alpha value is -5.48. The molecule has 1 aliphatic heterocycles. The fourth-order valence-corrected chi connectivity index (χ4v) is 8.36. The highest BCUT2D eigenvalue weighted by Crippen LogP contribution is 2.57. The van der Waals surface area contributed by atoms with Gasteiger partial charge in [-0.3, -0.25) is 4.99 Å². The average molecular weight is 581 g/mol. The number of imidazole rings is 1. The summed E-state index contributed by atoms with van der Waals surface area (Å²) in [7, 11) is 0. The quantitative estimate of drug-likeness (QED) is 0.188. The van der Waals surface area contributed by atoms with Crippen molar-refractivity contribution in [2.75, 3.05) is 0 Å². The van der Waals surface area contributed by atoms with Crippen LogP contribution in [0.15, 0.2) is 119 Å². The highest BCUT2D eigenvalue weighted by atomic mass is 16.3. The number of hydrogen-bond donors (Lipinski definition) is 0. The summed E-state index contributed by atoms with van der Waals surface area (Å²) in [5.41, 5.74) is 16.3. The number of fused-ring (bicyclic) bond motifs is 17. The van der Waals surface area contributed by atoms with Gasteiger partial charge in [0.25, 0.3) is 0 Å². The van der Waals surface area contributed by atoms with E-state index in [2.05, 4.69) is 133 Å². The van der Waals surface area contributed by atoms with Crippen molar-refractivity contribution < 1.29 is 8.82 Å². The van der Waals surface area contributed by atoms with E-state index in [0.717, 1.165) is 38.7 Å². The summed E-state index contributed by atoms with van der Waals surface area (Å²) >= 11 is 0. The van der Waals surface area contributed by atoms with E-state index in [1.54, 1.807) is 0 Å². The van der Waals surface area contributed by atoms with E-state index in [0.29, 0.717) is 0 Å². The molecular weight excluding hydrogens is 550 g/mol. The van der Waals surface area contributed by atoms with E-state index < -0.39 is 0 Å². The zero-order valence-electron chi connectivity index (χ0n) is 25.4. The van der Waals surface area contributed by atoms with Crippen LogP contribution < -0.4 is 4.40 Å². The van der Waals surface area contributed by atoms with Crippen LogP contribution >= 0.6 is 0 Å². The van der Waals surface area contributed by atoms with E-state index in [4.69, 9.17) is 9.41 Å². The molecule has 3 aromatic heterocycles. The minimum atomic E-state index is 0.00624.